The quantitative estimate of drug-likeness (QED) is 0.664. The van der Waals surface area contributed by atoms with Crippen molar-refractivity contribution in [3.63, 3.8) is 0 Å². The summed E-state index contributed by atoms with van der Waals surface area (Å²) in [4.78, 5) is 34.5. The molecule has 1 saturated heterocycles. The lowest BCUT2D eigenvalue weighted by Gasteiger charge is -2.27. The van der Waals surface area contributed by atoms with Crippen LogP contribution in [-0.2, 0) is 23.9 Å². The van der Waals surface area contributed by atoms with Gasteiger partial charge in [-0.3, -0.25) is 14.4 Å². The normalized spacial score (nSPS) is 45.8. The number of rotatable bonds is 2. The lowest BCUT2D eigenvalue weighted by atomic mass is 9.74. The number of esters is 2. The highest BCUT2D eigenvalue weighted by atomic mass is 16.6. The minimum Gasteiger partial charge on any atom is -0.481 e. The highest BCUT2D eigenvalue weighted by molar-refractivity contribution is 5.88. The second-order valence-electron chi connectivity index (χ2n) is 4.90. The summed E-state index contributed by atoms with van der Waals surface area (Å²) < 4.78 is 9.83. The molecule has 3 aliphatic rings. The Morgan fingerprint density at radius 2 is 2.06 bits per heavy atom. The number of aliphatic carboxylic acids is 1. The summed E-state index contributed by atoms with van der Waals surface area (Å²) in [5.74, 6) is -4.38. The molecule has 92 valence electrons. The van der Waals surface area contributed by atoms with Gasteiger partial charge >= 0.3 is 17.9 Å². The first-order chi connectivity index (χ1) is 8.06. The summed E-state index contributed by atoms with van der Waals surface area (Å²) in [7, 11) is 1.26. The summed E-state index contributed by atoms with van der Waals surface area (Å²) in [5.41, 5.74) is 0. The molecule has 6 atom stereocenters. The zero-order valence-electron chi connectivity index (χ0n) is 9.16. The van der Waals surface area contributed by atoms with Gasteiger partial charge in [-0.15, -0.1) is 0 Å². The van der Waals surface area contributed by atoms with Crippen LogP contribution in [0.5, 0.6) is 0 Å². The van der Waals surface area contributed by atoms with Crippen molar-refractivity contribution in [1.82, 2.24) is 0 Å². The van der Waals surface area contributed by atoms with E-state index in [1.807, 2.05) is 0 Å². The third kappa shape index (κ3) is 1.13. The van der Waals surface area contributed by atoms with E-state index in [9.17, 15) is 19.5 Å². The standard InChI is InChI=1S/C11H12O6/c1-16-10(14)7-3-2-4-6(5(3)9(12)13)11(15)17-8(4)7/h3-8H,2H2,1H3,(H,12,13). The molecule has 2 aliphatic carbocycles. The number of ether oxygens (including phenoxy) is 2. The summed E-state index contributed by atoms with van der Waals surface area (Å²) >= 11 is 0. The van der Waals surface area contributed by atoms with Crippen LogP contribution in [0.25, 0.3) is 0 Å². The number of carboxylic acid groups (broad SMARTS) is 1. The summed E-state index contributed by atoms with van der Waals surface area (Å²) in [6, 6.07) is 0. The van der Waals surface area contributed by atoms with E-state index in [0.29, 0.717) is 6.42 Å². The van der Waals surface area contributed by atoms with Crippen molar-refractivity contribution in [2.75, 3.05) is 7.11 Å². The van der Waals surface area contributed by atoms with Crippen molar-refractivity contribution in [2.24, 2.45) is 29.6 Å². The molecule has 0 spiro atoms. The molecule has 0 aromatic heterocycles. The number of fused-ring (bicyclic) bond motifs is 1. The van der Waals surface area contributed by atoms with Gasteiger partial charge in [-0.25, -0.2) is 0 Å². The lowest BCUT2D eigenvalue weighted by Crippen LogP contribution is -2.41. The maximum atomic E-state index is 11.7. The van der Waals surface area contributed by atoms with Gasteiger partial charge < -0.3 is 14.6 Å². The van der Waals surface area contributed by atoms with Crippen molar-refractivity contribution in [3.05, 3.63) is 0 Å². The molecule has 6 nitrogen and oxygen atoms in total. The molecule has 0 aromatic rings. The van der Waals surface area contributed by atoms with Gasteiger partial charge in [0.1, 0.15) is 6.10 Å². The fourth-order valence-electron chi connectivity index (χ4n) is 3.84. The van der Waals surface area contributed by atoms with E-state index in [2.05, 4.69) is 4.74 Å². The number of carbonyl (C=O) groups is 3. The molecule has 6 unspecified atom stereocenters. The topological polar surface area (TPSA) is 89.9 Å². The van der Waals surface area contributed by atoms with E-state index >= 15 is 0 Å². The Labute approximate surface area is 96.9 Å². The monoisotopic (exact) mass is 240 g/mol. The van der Waals surface area contributed by atoms with Crippen LogP contribution < -0.4 is 0 Å². The predicted octanol–water partition coefficient (Wildman–Crippen LogP) is -0.332. The number of methoxy groups -OCH3 is 1. The fraction of sp³-hybridized carbons (Fsp3) is 0.727. The highest BCUT2D eigenvalue weighted by Crippen LogP contribution is 2.60. The van der Waals surface area contributed by atoms with Gasteiger partial charge in [0.25, 0.3) is 0 Å². The smallest absolute Gasteiger partial charge is 0.312 e. The second kappa shape index (κ2) is 3.21. The Bertz CT molecular complexity index is 416. The maximum Gasteiger partial charge on any atom is 0.312 e. The highest BCUT2D eigenvalue weighted by Gasteiger charge is 2.70. The summed E-state index contributed by atoms with van der Waals surface area (Å²) in [5, 5.41) is 9.19. The van der Waals surface area contributed by atoms with Gasteiger partial charge in [0.15, 0.2) is 0 Å². The van der Waals surface area contributed by atoms with Crippen LogP contribution in [-0.4, -0.2) is 36.2 Å². The van der Waals surface area contributed by atoms with E-state index in [1.165, 1.54) is 7.11 Å². The molecule has 17 heavy (non-hydrogen) atoms. The van der Waals surface area contributed by atoms with Crippen molar-refractivity contribution in [3.8, 4) is 0 Å². The van der Waals surface area contributed by atoms with Gasteiger partial charge in [-0.05, 0) is 12.3 Å². The predicted molar refractivity (Wildman–Crippen MR) is 51.6 cm³/mol. The Morgan fingerprint density at radius 1 is 1.35 bits per heavy atom. The summed E-state index contributed by atoms with van der Waals surface area (Å²) in [6.45, 7) is 0. The Hall–Kier alpha value is -1.59. The largest absolute Gasteiger partial charge is 0.481 e. The maximum absolute atomic E-state index is 11.7. The van der Waals surface area contributed by atoms with Crippen molar-refractivity contribution in [1.29, 1.82) is 0 Å². The van der Waals surface area contributed by atoms with E-state index in [-0.39, 0.29) is 11.8 Å². The van der Waals surface area contributed by atoms with Crippen LogP contribution in [0.15, 0.2) is 0 Å². The minimum absolute atomic E-state index is 0.127. The third-order valence-corrected chi connectivity index (χ3v) is 4.37. The number of hydrogen-bond acceptors (Lipinski definition) is 5. The van der Waals surface area contributed by atoms with Crippen molar-refractivity contribution in [2.45, 2.75) is 12.5 Å². The minimum atomic E-state index is -1.02. The third-order valence-electron chi connectivity index (χ3n) is 4.37. The molecular weight excluding hydrogens is 228 g/mol. The molecule has 6 heteroatoms. The molecule has 2 bridgehead atoms. The first-order valence-electron chi connectivity index (χ1n) is 5.57. The molecule has 0 amide bonds. The molecule has 3 rings (SSSR count). The van der Waals surface area contributed by atoms with Crippen LogP contribution in [0.3, 0.4) is 0 Å². The van der Waals surface area contributed by atoms with Gasteiger partial charge in [-0.1, -0.05) is 0 Å². The van der Waals surface area contributed by atoms with Crippen LogP contribution in [0.2, 0.25) is 0 Å². The lowest BCUT2D eigenvalue weighted by molar-refractivity contribution is -0.155. The fourth-order valence-corrected chi connectivity index (χ4v) is 3.84. The Kier molecular flexibility index (Phi) is 1.99. The zero-order chi connectivity index (χ0) is 12.3. The van der Waals surface area contributed by atoms with Crippen LogP contribution >= 0.6 is 0 Å². The van der Waals surface area contributed by atoms with Gasteiger partial charge in [-0.2, -0.15) is 0 Å². The van der Waals surface area contributed by atoms with Gasteiger partial charge in [0.05, 0.1) is 24.9 Å². The van der Waals surface area contributed by atoms with Crippen molar-refractivity contribution < 1.29 is 29.0 Å². The van der Waals surface area contributed by atoms with Gasteiger partial charge in [0.2, 0.25) is 0 Å². The number of carboxylic acids is 1. The summed E-state index contributed by atoms with van der Waals surface area (Å²) in [6.07, 6.45) is 0.0956. The molecule has 1 N–H and O–H groups in total. The Balaban J connectivity index is 2.00. The van der Waals surface area contributed by atoms with E-state index < -0.39 is 41.8 Å². The molecule has 1 aliphatic heterocycles. The molecular formula is C11H12O6. The molecule has 0 aromatic carbocycles. The van der Waals surface area contributed by atoms with E-state index in [0.717, 1.165) is 0 Å². The molecule has 2 saturated carbocycles. The number of carbonyl (C=O) groups excluding carboxylic acids is 2. The molecule has 0 radical (unpaired) electrons. The molecule has 1 heterocycles. The van der Waals surface area contributed by atoms with E-state index in [4.69, 9.17) is 4.74 Å². The average Bonchev–Trinajstić information content (AvgIpc) is 2.86. The Morgan fingerprint density at radius 3 is 2.65 bits per heavy atom. The SMILES string of the molecule is COC(=O)C1C2CC3C1OC(=O)C3C2C(=O)O. The number of hydrogen-bond donors (Lipinski definition) is 1. The average molecular weight is 240 g/mol. The first-order valence-corrected chi connectivity index (χ1v) is 5.57. The second-order valence-corrected chi connectivity index (χ2v) is 4.90. The van der Waals surface area contributed by atoms with Crippen LogP contribution in [0.4, 0.5) is 0 Å². The zero-order valence-corrected chi connectivity index (χ0v) is 9.16. The molecule has 3 fully saturated rings. The van der Waals surface area contributed by atoms with Gasteiger partial charge in [0, 0.05) is 5.92 Å². The first kappa shape index (κ1) is 10.6. The van der Waals surface area contributed by atoms with Crippen LogP contribution in [0.1, 0.15) is 6.42 Å². The van der Waals surface area contributed by atoms with Crippen molar-refractivity contribution >= 4 is 17.9 Å². The van der Waals surface area contributed by atoms with E-state index in [1.54, 1.807) is 0 Å². The van der Waals surface area contributed by atoms with Crippen LogP contribution in [0, 0.1) is 29.6 Å².